The zero-order chi connectivity index (χ0) is 15.5. The molecule has 2 amide bonds. The molecule has 0 unspecified atom stereocenters. The fraction of sp³-hybridized carbons (Fsp3) is 0.462. The van der Waals surface area contributed by atoms with Crippen LogP contribution in [0.25, 0.3) is 0 Å². The first-order valence-electron chi connectivity index (χ1n) is 6.71. The van der Waals surface area contributed by atoms with Gasteiger partial charge in [0.05, 0.1) is 18.5 Å². The summed E-state index contributed by atoms with van der Waals surface area (Å²) in [5, 5.41) is 5.36. The third-order valence-electron chi connectivity index (χ3n) is 2.97. The molecule has 0 radical (unpaired) electrons. The van der Waals surface area contributed by atoms with Crippen LogP contribution in [-0.2, 0) is 10.0 Å². The van der Waals surface area contributed by atoms with Crippen molar-refractivity contribution in [2.75, 3.05) is 35.6 Å². The first-order valence-corrected chi connectivity index (χ1v) is 8.56. The monoisotopic (exact) mass is 313 g/mol. The lowest BCUT2D eigenvalue weighted by Crippen LogP contribution is -2.37. The second-order valence-corrected chi connectivity index (χ2v) is 6.65. The summed E-state index contributed by atoms with van der Waals surface area (Å²) in [6.45, 7) is 3.11. The molecule has 0 bridgehead atoms. The molecule has 0 fully saturated rings. The Morgan fingerprint density at radius 3 is 2.86 bits per heavy atom. The highest BCUT2D eigenvalue weighted by molar-refractivity contribution is 7.92. The number of urea groups is 1. The van der Waals surface area contributed by atoms with Gasteiger partial charge in [-0.1, -0.05) is 6.92 Å². The van der Waals surface area contributed by atoms with E-state index in [4.69, 9.17) is 4.74 Å². The molecular weight excluding hydrogens is 294 g/mol. The summed E-state index contributed by atoms with van der Waals surface area (Å²) in [5.74, 6) is 0.492. The van der Waals surface area contributed by atoms with Crippen LogP contribution in [0.3, 0.4) is 0 Å². The zero-order valence-electron chi connectivity index (χ0n) is 12.0. The Bertz CT molecular complexity index is 630. The van der Waals surface area contributed by atoms with Crippen LogP contribution in [0.1, 0.15) is 13.3 Å². The molecule has 2 N–H and O–H groups in total. The minimum Gasteiger partial charge on any atom is -0.489 e. The number of benzene rings is 1. The molecule has 0 aliphatic carbocycles. The fourth-order valence-corrected chi connectivity index (χ4v) is 2.94. The summed E-state index contributed by atoms with van der Waals surface area (Å²) in [6.07, 6.45) is 1.99. The first kappa shape index (κ1) is 15.4. The van der Waals surface area contributed by atoms with Gasteiger partial charge in [0.1, 0.15) is 12.4 Å². The van der Waals surface area contributed by atoms with Crippen LogP contribution in [0.5, 0.6) is 5.75 Å². The number of fused-ring (bicyclic) bond motifs is 1. The quantitative estimate of drug-likeness (QED) is 0.879. The van der Waals surface area contributed by atoms with Crippen molar-refractivity contribution in [2.24, 2.45) is 0 Å². The second-order valence-electron chi connectivity index (χ2n) is 4.75. The van der Waals surface area contributed by atoms with Gasteiger partial charge in [-0.25, -0.2) is 13.2 Å². The van der Waals surface area contributed by atoms with Gasteiger partial charge in [0.25, 0.3) is 0 Å². The van der Waals surface area contributed by atoms with Crippen LogP contribution in [0, 0.1) is 0 Å². The van der Waals surface area contributed by atoms with E-state index in [1.165, 1.54) is 4.31 Å². The van der Waals surface area contributed by atoms with E-state index >= 15 is 0 Å². The molecule has 0 saturated carbocycles. The van der Waals surface area contributed by atoms with E-state index in [9.17, 15) is 13.2 Å². The Kier molecular flexibility index (Phi) is 4.56. The van der Waals surface area contributed by atoms with Crippen molar-refractivity contribution in [2.45, 2.75) is 13.3 Å². The van der Waals surface area contributed by atoms with Crippen molar-refractivity contribution in [3.8, 4) is 5.75 Å². The van der Waals surface area contributed by atoms with E-state index in [1.54, 1.807) is 18.2 Å². The van der Waals surface area contributed by atoms with Gasteiger partial charge in [0.2, 0.25) is 10.0 Å². The Labute approximate surface area is 124 Å². The van der Waals surface area contributed by atoms with Crippen molar-refractivity contribution in [1.82, 2.24) is 5.32 Å². The number of hydrogen-bond acceptors (Lipinski definition) is 4. The standard InChI is InChI=1S/C13H19N3O4S/c1-3-6-14-13(17)15-10-4-5-12-11(9-10)16(7-8-20-12)21(2,18)19/h4-5,9H,3,6-8H2,1-2H3,(H2,14,15,17). The summed E-state index contributed by atoms with van der Waals surface area (Å²) in [5.41, 5.74) is 0.957. The van der Waals surface area contributed by atoms with Crippen LogP contribution in [0.15, 0.2) is 18.2 Å². The Hall–Kier alpha value is -1.96. The van der Waals surface area contributed by atoms with E-state index < -0.39 is 10.0 Å². The fourth-order valence-electron chi connectivity index (χ4n) is 2.03. The summed E-state index contributed by atoms with van der Waals surface area (Å²) < 4.78 is 30.3. The molecule has 0 aromatic heterocycles. The van der Waals surface area contributed by atoms with Gasteiger partial charge in [-0.05, 0) is 24.6 Å². The third-order valence-corrected chi connectivity index (χ3v) is 4.15. The molecule has 1 aromatic rings. The van der Waals surface area contributed by atoms with Crippen molar-refractivity contribution in [3.05, 3.63) is 18.2 Å². The van der Waals surface area contributed by atoms with Crippen molar-refractivity contribution < 1.29 is 17.9 Å². The van der Waals surface area contributed by atoms with E-state index in [-0.39, 0.29) is 12.6 Å². The number of hydrogen-bond donors (Lipinski definition) is 2. The maximum Gasteiger partial charge on any atom is 0.319 e. The molecule has 1 heterocycles. The average Bonchev–Trinajstić information content (AvgIpc) is 2.43. The molecule has 7 nitrogen and oxygen atoms in total. The minimum atomic E-state index is -3.37. The molecule has 1 aromatic carbocycles. The molecular formula is C13H19N3O4S. The van der Waals surface area contributed by atoms with E-state index in [0.717, 1.165) is 12.7 Å². The number of rotatable bonds is 4. The number of sulfonamides is 1. The largest absolute Gasteiger partial charge is 0.489 e. The van der Waals surface area contributed by atoms with Crippen molar-refractivity contribution >= 4 is 27.4 Å². The normalized spacial score (nSPS) is 14.1. The molecule has 0 saturated heterocycles. The van der Waals surface area contributed by atoms with Crippen LogP contribution < -0.4 is 19.7 Å². The van der Waals surface area contributed by atoms with Crippen LogP contribution >= 0.6 is 0 Å². The van der Waals surface area contributed by atoms with Crippen molar-refractivity contribution in [1.29, 1.82) is 0 Å². The van der Waals surface area contributed by atoms with Gasteiger partial charge in [-0.3, -0.25) is 4.31 Å². The average molecular weight is 313 g/mol. The first-order chi connectivity index (χ1) is 9.91. The molecule has 116 valence electrons. The number of carbonyl (C=O) groups is 1. The topological polar surface area (TPSA) is 87.7 Å². The van der Waals surface area contributed by atoms with Gasteiger partial charge in [-0.15, -0.1) is 0 Å². The predicted octanol–water partition coefficient (Wildman–Crippen LogP) is 1.38. The van der Waals surface area contributed by atoms with Gasteiger partial charge >= 0.3 is 6.03 Å². The maximum absolute atomic E-state index is 11.8. The predicted molar refractivity (Wildman–Crippen MR) is 81.4 cm³/mol. The van der Waals surface area contributed by atoms with Gasteiger partial charge in [0.15, 0.2) is 0 Å². The molecule has 2 rings (SSSR count). The number of nitrogens with zero attached hydrogens (tertiary/aromatic N) is 1. The van der Waals surface area contributed by atoms with Crippen LogP contribution in [-0.4, -0.2) is 40.4 Å². The molecule has 1 aliphatic rings. The van der Waals surface area contributed by atoms with E-state index in [2.05, 4.69) is 10.6 Å². The number of nitrogens with one attached hydrogen (secondary N) is 2. The van der Waals surface area contributed by atoms with Gasteiger partial charge in [-0.2, -0.15) is 0 Å². The third kappa shape index (κ3) is 3.78. The summed E-state index contributed by atoms with van der Waals surface area (Å²) in [4.78, 5) is 11.6. The highest BCUT2D eigenvalue weighted by Gasteiger charge is 2.25. The lowest BCUT2D eigenvalue weighted by atomic mass is 10.2. The molecule has 8 heteroatoms. The number of anilines is 2. The molecule has 1 aliphatic heterocycles. The Morgan fingerprint density at radius 1 is 1.43 bits per heavy atom. The highest BCUT2D eigenvalue weighted by atomic mass is 32.2. The van der Waals surface area contributed by atoms with Crippen molar-refractivity contribution in [3.63, 3.8) is 0 Å². The minimum absolute atomic E-state index is 0.261. The Morgan fingerprint density at radius 2 is 2.19 bits per heavy atom. The van der Waals surface area contributed by atoms with Crippen LogP contribution in [0.4, 0.5) is 16.2 Å². The summed E-state index contributed by atoms with van der Waals surface area (Å²) >= 11 is 0. The maximum atomic E-state index is 11.8. The summed E-state index contributed by atoms with van der Waals surface area (Å²) in [6, 6.07) is 4.61. The molecule has 0 spiro atoms. The second kappa shape index (κ2) is 6.21. The lowest BCUT2D eigenvalue weighted by molar-refractivity contribution is 0.252. The summed E-state index contributed by atoms with van der Waals surface area (Å²) in [7, 11) is -3.37. The van der Waals surface area contributed by atoms with Crippen LogP contribution in [0.2, 0.25) is 0 Å². The van der Waals surface area contributed by atoms with Gasteiger partial charge in [0, 0.05) is 12.2 Å². The molecule has 0 atom stereocenters. The Balaban J connectivity index is 2.22. The van der Waals surface area contributed by atoms with E-state index in [1.807, 2.05) is 6.92 Å². The zero-order valence-corrected chi connectivity index (χ0v) is 12.9. The molecule has 21 heavy (non-hydrogen) atoms. The number of ether oxygens (including phenoxy) is 1. The van der Waals surface area contributed by atoms with Gasteiger partial charge < -0.3 is 15.4 Å². The lowest BCUT2D eigenvalue weighted by Gasteiger charge is -2.29. The number of carbonyl (C=O) groups excluding carboxylic acids is 1. The number of amides is 2. The SMILES string of the molecule is CCCNC(=O)Nc1ccc2c(c1)N(S(C)(=O)=O)CCO2. The highest BCUT2D eigenvalue weighted by Crippen LogP contribution is 2.35. The smallest absolute Gasteiger partial charge is 0.319 e. The van der Waals surface area contributed by atoms with E-state index in [0.29, 0.717) is 30.3 Å².